The van der Waals surface area contributed by atoms with Gasteiger partial charge in [-0.25, -0.2) is 0 Å². The molecule has 0 amide bonds. The molecule has 1 saturated heterocycles. The predicted molar refractivity (Wildman–Crippen MR) is 69.2 cm³/mol. The third-order valence-electron chi connectivity index (χ3n) is 3.22. The number of benzene rings is 1. The first-order valence-corrected chi connectivity index (χ1v) is 6.26. The molecule has 1 aliphatic heterocycles. The van der Waals surface area contributed by atoms with E-state index in [1.54, 1.807) is 0 Å². The van der Waals surface area contributed by atoms with Crippen LogP contribution >= 0.6 is 0 Å². The normalized spacial score (nSPS) is 19.5. The molecule has 2 nitrogen and oxygen atoms in total. The molecular weight excluding hydrogens is 212 g/mol. The van der Waals surface area contributed by atoms with E-state index in [1.807, 2.05) is 6.92 Å². The SMILES string of the molecule is CC1(Cc2cccc(C(C)(C)C)c2)OCCO1. The van der Waals surface area contributed by atoms with Crippen LogP contribution in [0.2, 0.25) is 0 Å². The number of hydrogen-bond acceptors (Lipinski definition) is 2. The fourth-order valence-corrected chi connectivity index (χ4v) is 2.18. The number of rotatable bonds is 2. The van der Waals surface area contributed by atoms with E-state index in [-0.39, 0.29) is 5.41 Å². The van der Waals surface area contributed by atoms with Crippen LogP contribution < -0.4 is 0 Å². The third kappa shape index (κ3) is 3.08. The number of hydrogen-bond donors (Lipinski definition) is 0. The van der Waals surface area contributed by atoms with Gasteiger partial charge < -0.3 is 9.47 Å². The summed E-state index contributed by atoms with van der Waals surface area (Å²) in [5.41, 5.74) is 2.83. The molecule has 2 heteroatoms. The molecule has 0 bridgehead atoms. The molecule has 0 radical (unpaired) electrons. The fraction of sp³-hybridized carbons (Fsp3) is 0.600. The minimum absolute atomic E-state index is 0.189. The lowest BCUT2D eigenvalue weighted by Gasteiger charge is -2.24. The van der Waals surface area contributed by atoms with Crippen LogP contribution in [0, 0.1) is 0 Å². The maximum absolute atomic E-state index is 5.65. The highest BCUT2D eigenvalue weighted by Gasteiger charge is 2.31. The van der Waals surface area contributed by atoms with Crippen LogP contribution in [-0.4, -0.2) is 19.0 Å². The zero-order valence-electron chi connectivity index (χ0n) is 11.2. The summed E-state index contributed by atoms with van der Waals surface area (Å²) in [5, 5.41) is 0. The Morgan fingerprint density at radius 2 is 1.82 bits per heavy atom. The van der Waals surface area contributed by atoms with E-state index < -0.39 is 5.79 Å². The lowest BCUT2D eigenvalue weighted by Crippen LogP contribution is -2.28. The monoisotopic (exact) mass is 234 g/mol. The lowest BCUT2D eigenvalue weighted by atomic mass is 9.85. The molecule has 0 N–H and O–H groups in total. The summed E-state index contributed by atoms with van der Waals surface area (Å²) in [7, 11) is 0. The zero-order chi connectivity index (χ0) is 12.5. The van der Waals surface area contributed by atoms with E-state index in [1.165, 1.54) is 11.1 Å². The summed E-state index contributed by atoms with van der Waals surface area (Å²) in [4.78, 5) is 0. The van der Waals surface area contributed by atoms with E-state index in [0.29, 0.717) is 13.2 Å². The van der Waals surface area contributed by atoms with Crippen molar-refractivity contribution in [3.8, 4) is 0 Å². The van der Waals surface area contributed by atoms with Crippen molar-refractivity contribution < 1.29 is 9.47 Å². The van der Waals surface area contributed by atoms with Crippen molar-refractivity contribution in [2.45, 2.75) is 45.3 Å². The van der Waals surface area contributed by atoms with Gasteiger partial charge in [-0.1, -0.05) is 45.0 Å². The van der Waals surface area contributed by atoms with E-state index in [0.717, 1.165) is 6.42 Å². The van der Waals surface area contributed by atoms with Gasteiger partial charge in [0.15, 0.2) is 5.79 Å². The van der Waals surface area contributed by atoms with Gasteiger partial charge in [-0.15, -0.1) is 0 Å². The largest absolute Gasteiger partial charge is 0.347 e. The van der Waals surface area contributed by atoms with Gasteiger partial charge >= 0.3 is 0 Å². The summed E-state index contributed by atoms with van der Waals surface area (Å²) in [6.07, 6.45) is 0.816. The molecule has 0 aromatic heterocycles. The van der Waals surface area contributed by atoms with Gasteiger partial charge in [-0.05, 0) is 23.5 Å². The molecule has 94 valence electrons. The maximum atomic E-state index is 5.65. The van der Waals surface area contributed by atoms with Gasteiger partial charge in [0, 0.05) is 6.42 Å². The first-order valence-electron chi connectivity index (χ1n) is 6.26. The summed E-state index contributed by atoms with van der Waals surface area (Å²) in [6, 6.07) is 8.71. The topological polar surface area (TPSA) is 18.5 Å². The molecule has 1 heterocycles. The molecule has 1 aliphatic rings. The van der Waals surface area contributed by atoms with Crippen LogP contribution in [0.25, 0.3) is 0 Å². The summed E-state index contributed by atoms with van der Waals surface area (Å²) >= 11 is 0. The molecule has 0 unspecified atom stereocenters. The van der Waals surface area contributed by atoms with Gasteiger partial charge in [0.1, 0.15) is 0 Å². The molecule has 17 heavy (non-hydrogen) atoms. The molecule has 0 spiro atoms. The van der Waals surface area contributed by atoms with Crippen LogP contribution in [0.3, 0.4) is 0 Å². The highest BCUT2D eigenvalue weighted by atomic mass is 16.7. The smallest absolute Gasteiger partial charge is 0.169 e. The molecule has 0 aliphatic carbocycles. The van der Waals surface area contributed by atoms with Crippen LogP contribution in [0.15, 0.2) is 24.3 Å². The summed E-state index contributed by atoms with van der Waals surface area (Å²) < 4.78 is 11.3. The van der Waals surface area contributed by atoms with Gasteiger partial charge in [0.2, 0.25) is 0 Å². The Kier molecular flexibility index (Phi) is 3.28. The van der Waals surface area contributed by atoms with Crippen LogP contribution in [-0.2, 0) is 21.3 Å². The van der Waals surface area contributed by atoms with Crippen molar-refractivity contribution in [1.82, 2.24) is 0 Å². The average Bonchev–Trinajstić information content (AvgIpc) is 2.64. The van der Waals surface area contributed by atoms with Crippen molar-refractivity contribution in [3.05, 3.63) is 35.4 Å². The Morgan fingerprint density at radius 3 is 2.41 bits per heavy atom. The molecule has 0 saturated carbocycles. The third-order valence-corrected chi connectivity index (χ3v) is 3.22. The maximum Gasteiger partial charge on any atom is 0.169 e. The van der Waals surface area contributed by atoms with Crippen LogP contribution in [0.5, 0.6) is 0 Å². The summed E-state index contributed by atoms with van der Waals surface area (Å²) in [6.45, 7) is 10.1. The Morgan fingerprint density at radius 1 is 1.18 bits per heavy atom. The lowest BCUT2D eigenvalue weighted by molar-refractivity contribution is -0.140. The van der Waals surface area contributed by atoms with E-state index in [4.69, 9.17) is 9.47 Å². The van der Waals surface area contributed by atoms with Gasteiger partial charge in [-0.2, -0.15) is 0 Å². The number of ether oxygens (including phenoxy) is 2. The van der Waals surface area contributed by atoms with Gasteiger partial charge in [0.25, 0.3) is 0 Å². The minimum atomic E-state index is -0.434. The quantitative estimate of drug-likeness (QED) is 0.781. The van der Waals surface area contributed by atoms with Crippen molar-refractivity contribution >= 4 is 0 Å². The fourth-order valence-electron chi connectivity index (χ4n) is 2.18. The minimum Gasteiger partial charge on any atom is -0.347 e. The van der Waals surface area contributed by atoms with Crippen molar-refractivity contribution in [1.29, 1.82) is 0 Å². The van der Waals surface area contributed by atoms with E-state index in [9.17, 15) is 0 Å². The van der Waals surface area contributed by atoms with Crippen molar-refractivity contribution in [2.24, 2.45) is 0 Å². The molecule has 2 rings (SSSR count). The Labute approximate surface area is 104 Å². The van der Waals surface area contributed by atoms with Crippen molar-refractivity contribution in [3.63, 3.8) is 0 Å². The van der Waals surface area contributed by atoms with Crippen LogP contribution in [0.4, 0.5) is 0 Å². The highest BCUT2D eigenvalue weighted by molar-refractivity contribution is 5.29. The van der Waals surface area contributed by atoms with E-state index >= 15 is 0 Å². The second-order valence-corrected chi connectivity index (χ2v) is 5.96. The predicted octanol–water partition coefficient (Wildman–Crippen LogP) is 3.29. The molecule has 1 aromatic rings. The first kappa shape index (κ1) is 12.6. The Hall–Kier alpha value is -0.860. The zero-order valence-corrected chi connectivity index (χ0v) is 11.2. The second kappa shape index (κ2) is 4.43. The van der Waals surface area contributed by atoms with Crippen molar-refractivity contribution in [2.75, 3.05) is 13.2 Å². The molecule has 1 fully saturated rings. The van der Waals surface area contributed by atoms with Crippen LogP contribution in [0.1, 0.15) is 38.8 Å². The molecular formula is C15H22O2. The highest BCUT2D eigenvalue weighted by Crippen LogP contribution is 2.27. The Bertz CT molecular complexity index is 384. The summed E-state index contributed by atoms with van der Waals surface area (Å²) in [5.74, 6) is -0.434. The van der Waals surface area contributed by atoms with Gasteiger partial charge in [0.05, 0.1) is 13.2 Å². The Balaban J connectivity index is 2.17. The molecule has 1 aromatic carbocycles. The van der Waals surface area contributed by atoms with E-state index in [2.05, 4.69) is 45.0 Å². The first-order chi connectivity index (χ1) is 7.89. The van der Waals surface area contributed by atoms with Gasteiger partial charge in [-0.3, -0.25) is 0 Å². The second-order valence-electron chi connectivity index (χ2n) is 5.96. The molecule has 0 atom stereocenters. The average molecular weight is 234 g/mol. The standard InChI is InChI=1S/C15H22O2/c1-14(2,3)13-7-5-6-12(10-13)11-15(4)16-8-9-17-15/h5-7,10H,8-9,11H2,1-4H3.